The van der Waals surface area contributed by atoms with Crippen LogP contribution in [-0.2, 0) is 0 Å². The Balaban J connectivity index is 2.23. The van der Waals surface area contributed by atoms with Crippen molar-refractivity contribution in [1.82, 2.24) is 0 Å². The molecule has 1 saturated heterocycles. The van der Waals surface area contributed by atoms with Crippen molar-refractivity contribution < 1.29 is 0 Å². The van der Waals surface area contributed by atoms with Gasteiger partial charge in [-0.2, -0.15) is 37.0 Å². The first-order valence-electron chi connectivity index (χ1n) is 3.24. The average molecular weight is 180 g/mol. The zero-order chi connectivity index (χ0) is 6.69. The molecule has 0 amide bonds. The summed E-state index contributed by atoms with van der Waals surface area (Å²) >= 11 is 10.6. The standard InChI is InChI=1S/C6H12S3/c7-6(8)5-2-1-3-9-4-5/h5-8H,1-4H2. The van der Waals surface area contributed by atoms with Crippen LogP contribution in [-0.4, -0.2) is 16.1 Å². The van der Waals surface area contributed by atoms with Crippen molar-refractivity contribution in [2.75, 3.05) is 11.5 Å². The number of thiol groups is 2. The van der Waals surface area contributed by atoms with Crippen LogP contribution in [0, 0.1) is 5.92 Å². The predicted molar refractivity (Wildman–Crippen MR) is 51.8 cm³/mol. The predicted octanol–water partition coefficient (Wildman–Crippen LogP) is 2.32. The smallest absolute Gasteiger partial charge is 0.0478 e. The molecule has 1 aliphatic heterocycles. The first-order valence-corrected chi connectivity index (χ1v) is 5.43. The van der Waals surface area contributed by atoms with E-state index in [-0.39, 0.29) is 0 Å². The Hall–Kier alpha value is 1.05. The van der Waals surface area contributed by atoms with Crippen molar-refractivity contribution in [3.63, 3.8) is 0 Å². The van der Waals surface area contributed by atoms with Gasteiger partial charge in [-0.3, -0.25) is 0 Å². The summed E-state index contributed by atoms with van der Waals surface area (Å²) in [5.41, 5.74) is 0. The van der Waals surface area contributed by atoms with Gasteiger partial charge in [-0.1, -0.05) is 0 Å². The maximum Gasteiger partial charge on any atom is 0.0478 e. The average Bonchev–Trinajstić information content (AvgIpc) is 1.90. The van der Waals surface area contributed by atoms with Crippen LogP contribution in [0.4, 0.5) is 0 Å². The molecule has 0 radical (unpaired) electrons. The van der Waals surface area contributed by atoms with Gasteiger partial charge in [-0.25, -0.2) is 0 Å². The second kappa shape index (κ2) is 4.04. The molecule has 1 heterocycles. The molecule has 0 aromatic heterocycles. The Bertz CT molecular complexity index is 76.4. The highest BCUT2D eigenvalue weighted by molar-refractivity contribution is 8.00. The molecule has 0 nitrogen and oxygen atoms in total. The first-order chi connectivity index (χ1) is 4.30. The lowest BCUT2D eigenvalue weighted by Crippen LogP contribution is -2.16. The largest absolute Gasteiger partial charge is 0.165 e. The summed E-state index contributed by atoms with van der Waals surface area (Å²) in [4.78, 5) is 0. The van der Waals surface area contributed by atoms with E-state index in [1.807, 2.05) is 11.8 Å². The van der Waals surface area contributed by atoms with Crippen molar-refractivity contribution >= 4 is 37.0 Å². The van der Waals surface area contributed by atoms with Gasteiger partial charge in [0.1, 0.15) is 0 Å². The summed E-state index contributed by atoms with van der Waals surface area (Å²) in [5.74, 6) is 3.35. The lowest BCUT2D eigenvalue weighted by molar-refractivity contribution is 0.568. The highest BCUT2D eigenvalue weighted by atomic mass is 32.2. The molecular weight excluding hydrogens is 168 g/mol. The van der Waals surface area contributed by atoms with Gasteiger partial charge in [0.2, 0.25) is 0 Å². The fourth-order valence-corrected chi connectivity index (χ4v) is 2.99. The van der Waals surface area contributed by atoms with Crippen LogP contribution in [0.15, 0.2) is 0 Å². The maximum atomic E-state index is 4.29. The summed E-state index contributed by atoms with van der Waals surface area (Å²) in [5, 5.41) is 0. The fraction of sp³-hybridized carbons (Fsp3) is 1.00. The molecule has 1 fully saturated rings. The number of rotatable bonds is 1. The number of hydrogen-bond acceptors (Lipinski definition) is 3. The zero-order valence-electron chi connectivity index (χ0n) is 5.29. The Labute approximate surface area is 72.0 Å². The molecule has 3 heteroatoms. The van der Waals surface area contributed by atoms with Crippen molar-refractivity contribution in [2.45, 2.75) is 17.4 Å². The first kappa shape index (κ1) is 8.15. The SMILES string of the molecule is SC(S)C1CCCSC1. The molecule has 0 bridgehead atoms. The normalized spacial score (nSPS) is 29.0. The Morgan fingerprint density at radius 2 is 2.22 bits per heavy atom. The molecule has 0 aromatic rings. The lowest BCUT2D eigenvalue weighted by Gasteiger charge is -2.22. The van der Waals surface area contributed by atoms with Gasteiger partial charge in [-0.15, -0.1) is 0 Å². The fourth-order valence-electron chi connectivity index (χ4n) is 1.00. The molecule has 1 unspecified atom stereocenters. The summed E-state index contributed by atoms with van der Waals surface area (Å²) in [7, 11) is 0. The van der Waals surface area contributed by atoms with E-state index in [1.165, 1.54) is 24.3 Å². The summed E-state index contributed by atoms with van der Waals surface area (Å²) in [6.07, 6.45) is 2.68. The minimum Gasteiger partial charge on any atom is -0.165 e. The molecule has 9 heavy (non-hydrogen) atoms. The van der Waals surface area contributed by atoms with Gasteiger partial charge in [0.25, 0.3) is 0 Å². The molecule has 0 aromatic carbocycles. The van der Waals surface area contributed by atoms with Gasteiger partial charge in [0.05, 0.1) is 0 Å². The third kappa shape index (κ3) is 2.64. The molecule has 1 rings (SSSR count). The van der Waals surface area contributed by atoms with E-state index in [9.17, 15) is 0 Å². The second-order valence-corrected chi connectivity index (χ2v) is 5.06. The van der Waals surface area contributed by atoms with Crippen molar-refractivity contribution in [3.05, 3.63) is 0 Å². The topological polar surface area (TPSA) is 0 Å². The van der Waals surface area contributed by atoms with E-state index >= 15 is 0 Å². The van der Waals surface area contributed by atoms with E-state index in [0.717, 1.165) is 5.92 Å². The zero-order valence-corrected chi connectivity index (χ0v) is 7.89. The van der Waals surface area contributed by atoms with Crippen LogP contribution < -0.4 is 0 Å². The van der Waals surface area contributed by atoms with Gasteiger partial charge < -0.3 is 0 Å². The van der Waals surface area contributed by atoms with Crippen LogP contribution in [0.1, 0.15) is 12.8 Å². The van der Waals surface area contributed by atoms with E-state index in [4.69, 9.17) is 0 Å². The molecule has 1 atom stereocenters. The van der Waals surface area contributed by atoms with E-state index in [1.54, 1.807) is 0 Å². The third-order valence-electron chi connectivity index (χ3n) is 1.62. The Morgan fingerprint density at radius 1 is 1.44 bits per heavy atom. The molecule has 0 saturated carbocycles. The highest BCUT2D eigenvalue weighted by Crippen LogP contribution is 2.28. The van der Waals surface area contributed by atoms with Crippen molar-refractivity contribution in [3.8, 4) is 0 Å². The number of hydrogen-bond donors (Lipinski definition) is 2. The van der Waals surface area contributed by atoms with Gasteiger partial charge in [-0.05, 0) is 30.3 Å². The molecule has 1 aliphatic rings. The van der Waals surface area contributed by atoms with Crippen LogP contribution in [0.3, 0.4) is 0 Å². The quantitative estimate of drug-likeness (QED) is 0.461. The number of thioether (sulfide) groups is 1. The molecule has 0 N–H and O–H groups in total. The summed E-state index contributed by atoms with van der Waals surface area (Å²) in [6, 6.07) is 0. The monoisotopic (exact) mass is 180 g/mol. The Morgan fingerprint density at radius 3 is 2.56 bits per heavy atom. The van der Waals surface area contributed by atoms with Gasteiger partial charge >= 0.3 is 0 Å². The molecular formula is C6H12S3. The van der Waals surface area contributed by atoms with Crippen molar-refractivity contribution in [1.29, 1.82) is 0 Å². The van der Waals surface area contributed by atoms with E-state index < -0.39 is 0 Å². The minimum absolute atomic E-state index is 0.304. The molecule has 0 spiro atoms. The van der Waals surface area contributed by atoms with Gasteiger partial charge in [0, 0.05) is 4.58 Å². The van der Waals surface area contributed by atoms with Crippen LogP contribution in [0.25, 0.3) is 0 Å². The lowest BCUT2D eigenvalue weighted by atomic mass is 10.1. The highest BCUT2D eigenvalue weighted by Gasteiger charge is 2.17. The van der Waals surface area contributed by atoms with Crippen LogP contribution in [0.5, 0.6) is 0 Å². The van der Waals surface area contributed by atoms with E-state index in [2.05, 4.69) is 25.3 Å². The second-order valence-electron chi connectivity index (χ2n) is 2.39. The molecule has 54 valence electrons. The summed E-state index contributed by atoms with van der Waals surface area (Å²) < 4.78 is 0.304. The van der Waals surface area contributed by atoms with Crippen LogP contribution >= 0.6 is 37.0 Å². The van der Waals surface area contributed by atoms with E-state index in [0.29, 0.717) is 4.58 Å². The maximum absolute atomic E-state index is 4.29. The Kier molecular flexibility index (Phi) is 3.66. The van der Waals surface area contributed by atoms with Crippen molar-refractivity contribution in [2.24, 2.45) is 5.92 Å². The van der Waals surface area contributed by atoms with Crippen LogP contribution in [0.2, 0.25) is 0 Å². The minimum atomic E-state index is 0.304. The summed E-state index contributed by atoms with van der Waals surface area (Å²) in [6.45, 7) is 0. The molecule has 0 aliphatic carbocycles. The third-order valence-corrected chi connectivity index (χ3v) is 3.70. The van der Waals surface area contributed by atoms with Gasteiger partial charge in [0.15, 0.2) is 0 Å².